The Hall–Kier alpha value is -2.77. The van der Waals surface area contributed by atoms with Gasteiger partial charge in [0.1, 0.15) is 11.4 Å². The number of nitrogens with zero attached hydrogens (tertiary/aromatic N) is 1. The van der Waals surface area contributed by atoms with Crippen LogP contribution in [0.2, 0.25) is 0 Å². The van der Waals surface area contributed by atoms with Crippen molar-refractivity contribution >= 4 is 54.4 Å². The molecule has 0 saturated carbocycles. The molecule has 0 saturated heterocycles. The molecule has 2 heterocycles. The number of fused-ring (bicyclic) bond motifs is 2. The summed E-state index contributed by atoms with van der Waals surface area (Å²) in [6.45, 7) is 0. The zero-order valence-corrected chi connectivity index (χ0v) is 18.4. The lowest BCUT2D eigenvalue weighted by Gasteiger charge is -2.25. The van der Waals surface area contributed by atoms with E-state index >= 15 is 0 Å². The standard InChI is InChI=1S/C23H12Br2FNO3/c24-13-3-1-2-12(10-13)20-19-21(28)17-11-14(25)4-9-18(17)30-22(19)23(29)27(20)16-7-5-15(26)6-8-16/h1-11,20H. The van der Waals surface area contributed by atoms with Gasteiger partial charge in [-0.15, -0.1) is 0 Å². The average Bonchev–Trinajstić information content (AvgIpc) is 3.02. The summed E-state index contributed by atoms with van der Waals surface area (Å²) in [5.41, 5.74) is 1.55. The van der Waals surface area contributed by atoms with E-state index in [0.29, 0.717) is 16.7 Å². The van der Waals surface area contributed by atoms with Crippen LogP contribution in [0.1, 0.15) is 27.7 Å². The van der Waals surface area contributed by atoms with Crippen LogP contribution in [0.4, 0.5) is 10.1 Å². The second-order valence-electron chi connectivity index (χ2n) is 6.92. The summed E-state index contributed by atoms with van der Waals surface area (Å²) in [4.78, 5) is 28.4. The summed E-state index contributed by atoms with van der Waals surface area (Å²) in [6, 6.07) is 17.4. The largest absolute Gasteiger partial charge is 0.450 e. The summed E-state index contributed by atoms with van der Waals surface area (Å²) in [5, 5.41) is 0.386. The normalized spacial score (nSPS) is 15.6. The summed E-state index contributed by atoms with van der Waals surface area (Å²) >= 11 is 6.84. The predicted octanol–water partition coefficient (Wildman–Crippen LogP) is 6.21. The molecule has 1 unspecified atom stereocenters. The van der Waals surface area contributed by atoms with Crippen molar-refractivity contribution < 1.29 is 13.6 Å². The van der Waals surface area contributed by atoms with Crippen LogP contribution in [0.25, 0.3) is 11.0 Å². The maximum absolute atomic E-state index is 13.5. The summed E-state index contributed by atoms with van der Waals surface area (Å²) in [5.74, 6) is -0.848. The van der Waals surface area contributed by atoms with E-state index in [0.717, 1.165) is 14.5 Å². The summed E-state index contributed by atoms with van der Waals surface area (Å²) in [6.07, 6.45) is 0. The second kappa shape index (κ2) is 7.18. The van der Waals surface area contributed by atoms with Crippen LogP contribution in [0.5, 0.6) is 0 Å². The van der Waals surface area contributed by atoms with Gasteiger partial charge in [-0.2, -0.15) is 0 Å². The zero-order valence-electron chi connectivity index (χ0n) is 15.2. The zero-order chi connectivity index (χ0) is 21.0. The average molecular weight is 529 g/mol. The first kappa shape index (κ1) is 19.2. The van der Waals surface area contributed by atoms with Crippen molar-refractivity contribution in [1.29, 1.82) is 0 Å². The molecule has 7 heteroatoms. The van der Waals surface area contributed by atoms with E-state index in [-0.39, 0.29) is 16.8 Å². The number of anilines is 1. The van der Waals surface area contributed by atoms with Crippen LogP contribution in [0.3, 0.4) is 0 Å². The van der Waals surface area contributed by atoms with E-state index in [1.807, 2.05) is 24.3 Å². The molecule has 1 aliphatic heterocycles. The number of benzene rings is 3. The minimum absolute atomic E-state index is 0.00382. The molecule has 5 rings (SSSR count). The van der Waals surface area contributed by atoms with Crippen molar-refractivity contribution in [2.45, 2.75) is 6.04 Å². The molecule has 4 aromatic rings. The fourth-order valence-electron chi connectivity index (χ4n) is 3.81. The Morgan fingerprint density at radius 2 is 1.63 bits per heavy atom. The lowest BCUT2D eigenvalue weighted by Crippen LogP contribution is -2.29. The topological polar surface area (TPSA) is 50.5 Å². The van der Waals surface area contributed by atoms with Gasteiger partial charge in [-0.1, -0.05) is 44.0 Å². The monoisotopic (exact) mass is 527 g/mol. The minimum atomic E-state index is -0.699. The molecule has 3 aromatic carbocycles. The Labute approximate surface area is 187 Å². The number of carbonyl (C=O) groups is 1. The molecule has 0 bridgehead atoms. The van der Waals surface area contributed by atoms with E-state index in [1.165, 1.54) is 29.2 Å². The van der Waals surface area contributed by atoms with Gasteiger partial charge >= 0.3 is 0 Å². The number of hydrogen-bond donors (Lipinski definition) is 0. The third kappa shape index (κ3) is 3.00. The number of rotatable bonds is 2. The third-order valence-electron chi connectivity index (χ3n) is 5.10. The first-order valence-corrected chi connectivity index (χ1v) is 10.6. The van der Waals surface area contributed by atoms with Gasteiger partial charge in [0, 0.05) is 14.6 Å². The highest BCUT2D eigenvalue weighted by Crippen LogP contribution is 2.41. The fourth-order valence-corrected chi connectivity index (χ4v) is 4.58. The SMILES string of the molecule is O=C1c2oc3ccc(Br)cc3c(=O)c2C(c2cccc(Br)c2)N1c1ccc(F)cc1. The van der Waals surface area contributed by atoms with Crippen LogP contribution >= 0.6 is 31.9 Å². The first-order chi connectivity index (χ1) is 14.4. The van der Waals surface area contributed by atoms with Gasteiger partial charge in [0.15, 0.2) is 5.43 Å². The molecular formula is C23H12Br2FNO3. The molecule has 0 aliphatic carbocycles. The summed E-state index contributed by atoms with van der Waals surface area (Å²) in [7, 11) is 0. The molecule has 1 amide bonds. The molecule has 1 aliphatic rings. The van der Waals surface area contributed by atoms with Gasteiger partial charge in [-0.05, 0) is 60.2 Å². The Morgan fingerprint density at radius 1 is 0.900 bits per heavy atom. The minimum Gasteiger partial charge on any atom is -0.450 e. The van der Waals surface area contributed by atoms with Crippen molar-refractivity contribution in [3.8, 4) is 0 Å². The Kier molecular flexibility index (Phi) is 4.60. The van der Waals surface area contributed by atoms with Crippen LogP contribution in [0, 0.1) is 5.82 Å². The predicted molar refractivity (Wildman–Crippen MR) is 119 cm³/mol. The molecular weight excluding hydrogens is 517 g/mol. The van der Waals surface area contributed by atoms with Gasteiger partial charge in [-0.25, -0.2) is 4.39 Å². The first-order valence-electron chi connectivity index (χ1n) is 9.05. The lowest BCUT2D eigenvalue weighted by atomic mass is 9.98. The quantitative estimate of drug-likeness (QED) is 0.311. The molecule has 30 heavy (non-hydrogen) atoms. The highest BCUT2D eigenvalue weighted by Gasteiger charge is 2.43. The van der Waals surface area contributed by atoms with Crippen LogP contribution in [0.15, 0.2) is 84.9 Å². The van der Waals surface area contributed by atoms with E-state index in [9.17, 15) is 14.0 Å². The smallest absolute Gasteiger partial charge is 0.295 e. The van der Waals surface area contributed by atoms with Gasteiger partial charge in [0.25, 0.3) is 5.91 Å². The van der Waals surface area contributed by atoms with E-state index < -0.39 is 17.8 Å². The molecule has 148 valence electrons. The molecule has 0 spiro atoms. The van der Waals surface area contributed by atoms with Crippen molar-refractivity contribution in [1.82, 2.24) is 0 Å². The Balaban J connectivity index is 1.83. The van der Waals surface area contributed by atoms with Crippen molar-refractivity contribution in [3.63, 3.8) is 0 Å². The summed E-state index contributed by atoms with van der Waals surface area (Å²) < 4.78 is 21.0. The molecule has 0 radical (unpaired) electrons. The van der Waals surface area contributed by atoms with E-state index in [4.69, 9.17) is 4.42 Å². The number of amides is 1. The Morgan fingerprint density at radius 3 is 2.37 bits per heavy atom. The molecule has 4 nitrogen and oxygen atoms in total. The van der Waals surface area contributed by atoms with Crippen molar-refractivity contribution in [3.05, 3.63) is 109 Å². The van der Waals surface area contributed by atoms with Crippen LogP contribution < -0.4 is 10.3 Å². The maximum Gasteiger partial charge on any atom is 0.295 e. The molecule has 0 fully saturated rings. The van der Waals surface area contributed by atoms with Gasteiger partial charge in [0.2, 0.25) is 5.76 Å². The third-order valence-corrected chi connectivity index (χ3v) is 6.09. The second-order valence-corrected chi connectivity index (χ2v) is 8.75. The van der Waals surface area contributed by atoms with Crippen LogP contribution in [-0.2, 0) is 0 Å². The maximum atomic E-state index is 13.5. The number of hydrogen-bond acceptors (Lipinski definition) is 3. The number of carbonyl (C=O) groups excluding carboxylic acids is 1. The van der Waals surface area contributed by atoms with Gasteiger partial charge in [0.05, 0.1) is 17.0 Å². The van der Waals surface area contributed by atoms with Gasteiger partial charge < -0.3 is 4.42 Å². The van der Waals surface area contributed by atoms with Crippen molar-refractivity contribution in [2.75, 3.05) is 4.90 Å². The highest BCUT2D eigenvalue weighted by molar-refractivity contribution is 9.10. The van der Waals surface area contributed by atoms with Crippen LogP contribution in [-0.4, -0.2) is 5.91 Å². The molecule has 0 N–H and O–H groups in total. The molecule has 1 aromatic heterocycles. The highest BCUT2D eigenvalue weighted by atomic mass is 79.9. The van der Waals surface area contributed by atoms with Gasteiger partial charge in [-0.3, -0.25) is 14.5 Å². The number of halogens is 3. The van der Waals surface area contributed by atoms with E-state index in [1.54, 1.807) is 18.2 Å². The Bertz CT molecular complexity index is 1380. The molecule has 1 atom stereocenters. The lowest BCUT2D eigenvalue weighted by molar-refractivity contribution is 0.0971. The fraction of sp³-hybridized carbons (Fsp3) is 0.0435. The van der Waals surface area contributed by atoms with Crippen molar-refractivity contribution in [2.24, 2.45) is 0 Å². The van der Waals surface area contributed by atoms with E-state index in [2.05, 4.69) is 31.9 Å².